The third kappa shape index (κ3) is 4.97. The van der Waals surface area contributed by atoms with Gasteiger partial charge < -0.3 is 4.42 Å². The Balaban J connectivity index is 1.12. The normalized spacial score (nSPS) is 11.8. The summed E-state index contributed by atoms with van der Waals surface area (Å²) in [6.07, 6.45) is 0. The molecule has 53 heavy (non-hydrogen) atoms. The predicted octanol–water partition coefficient (Wildman–Crippen LogP) is 13.1. The summed E-state index contributed by atoms with van der Waals surface area (Å²) in [5.41, 5.74) is 8.91. The van der Waals surface area contributed by atoms with Crippen LogP contribution in [0.25, 0.3) is 108 Å². The highest BCUT2D eigenvalue weighted by Crippen LogP contribution is 2.45. The smallest absolute Gasteiger partial charge is 0.164 e. The highest BCUT2D eigenvalue weighted by atomic mass is 32.1. The topological polar surface area (TPSA) is 64.7 Å². The quantitative estimate of drug-likeness (QED) is 0.178. The maximum atomic E-state index is 6.27. The first-order chi connectivity index (χ1) is 26.2. The summed E-state index contributed by atoms with van der Waals surface area (Å²) in [5, 5.41) is 5.39. The van der Waals surface area contributed by atoms with Crippen molar-refractivity contribution in [1.29, 1.82) is 0 Å². The molecule has 0 saturated carbocycles. The number of para-hydroxylation sites is 2. The number of hydrogen-bond acceptors (Lipinski definition) is 7. The first-order valence-corrected chi connectivity index (χ1v) is 19.0. The highest BCUT2D eigenvalue weighted by molar-refractivity contribution is 7.26. The summed E-state index contributed by atoms with van der Waals surface area (Å²) in [4.78, 5) is 20.5. The number of nitrogens with zero attached hydrogens (tertiary/aromatic N) is 4. The van der Waals surface area contributed by atoms with Crippen molar-refractivity contribution in [1.82, 2.24) is 19.9 Å². The lowest BCUT2D eigenvalue weighted by Crippen LogP contribution is -2.00. The van der Waals surface area contributed by atoms with E-state index in [2.05, 4.69) is 91.0 Å². The second-order valence-electron chi connectivity index (χ2n) is 13.0. The fraction of sp³-hybridized carbons (Fsp3) is 0. The number of fused-ring (bicyclic) bond motifs is 7. The van der Waals surface area contributed by atoms with Crippen LogP contribution in [0.2, 0.25) is 0 Å². The van der Waals surface area contributed by atoms with Crippen LogP contribution < -0.4 is 0 Å². The van der Waals surface area contributed by atoms with E-state index in [-0.39, 0.29) is 0 Å². The van der Waals surface area contributed by atoms with Crippen LogP contribution in [0.1, 0.15) is 0 Å². The van der Waals surface area contributed by atoms with Gasteiger partial charge in [-0.05, 0) is 47.5 Å². The summed E-state index contributed by atoms with van der Waals surface area (Å²) in [5.74, 6) is 1.86. The Hall–Kier alpha value is -6.54. The maximum Gasteiger partial charge on any atom is 0.164 e. The molecule has 0 aliphatic rings. The fourth-order valence-corrected chi connectivity index (χ4v) is 9.51. The molecule has 0 aliphatic heterocycles. The number of benzene rings is 7. The lowest BCUT2D eigenvalue weighted by atomic mass is 9.96. The summed E-state index contributed by atoms with van der Waals surface area (Å²) >= 11 is 3.52. The molecule has 7 heteroatoms. The molecule has 0 spiro atoms. The molecule has 0 aliphatic carbocycles. The van der Waals surface area contributed by atoms with Crippen molar-refractivity contribution in [3.8, 4) is 55.9 Å². The van der Waals surface area contributed by atoms with E-state index >= 15 is 0 Å². The molecule has 0 fully saturated rings. The van der Waals surface area contributed by atoms with Gasteiger partial charge in [0.05, 0.1) is 10.2 Å². The van der Waals surface area contributed by atoms with E-state index in [1.54, 1.807) is 22.7 Å². The number of hydrogen-bond donors (Lipinski definition) is 0. The van der Waals surface area contributed by atoms with Crippen LogP contribution >= 0.6 is 22.7 Å². The lowest BCUT2D eigenvalue weighted by Gasteiger charge is -2.11. The van der Waals surface area contributed by atoms with Crippen molar-refractivity contribution in [2.75, 3.05) is 0 Å². The first kappa shape index (κ1) is 30.1. The van der Waals surface area contributed by atoms with Gasteiger partial charge in [0.1, 0.15) is 16.2 Å². The molecule has 7 aromatic carbocycles. The molecule has 0 amide bonds. The van der Waals surface area contributed by atoms with Gasteiger partial charge >= 0.3 is 0 Å². The summed E-state index contributed by atoms with van der Waals surface area (Å²) in [7, 11) is 0. The second kappa shape index (κ2) is 12.0. The lowest BCUT2D eigenvalue weighted by molar-refractivity contribution is 0.669. The van der Waals surface area contributed by atoms with Gasteiger partial charge in [-0.15, -0.1) is 22.7 Å². The molecule has 0 atom stereocenters. The molecule has 0 N–H and O–H groups in total. The monoisotopic (exact) mass is 714 g/mol. The highest BCUT2D eigenvalue weighted by Gasteiger charge is 2.21. The number of thiazole rings is 1. The standard InChI is InChI=1S/C46H26N4OS2/c1-2-11-28(12-3-1)43-48-44(32-15-8-19-36-40(32)31-13-4-6-18-35(31)51-36)50-45(49-43)33-16-10-22-39-42(33)41-30(14-9-21-38(41)52-39)27-23-25-29(26-24-27)46-47-34-17-5-7-20-37(34)53-46/h1-26H. The minimum absolute atomic E-state index is 0.605. The van der Waals surface area contributed by atoms with Crippen molar-refractivity contribution in [3.05, 3.63) is 158 Å². The Bertz CT molecular complexity index is 3150. The largest absolute Gasteiger partial charge is 0.456 e. The average molecular weight is 715 g/mol. The fourth-order valence-electron chi connectivity index (χ4n) is 7.38. The third-order valence-electron chi connectivity index (χ3n) is 9.81. The van der Waals surface area contributed by atoms with Crippen LogP contribution in [-0.4, -0.2) is 19.9 Å². The molecule has 11 aromatic rings. The Kier molecular flexibility index (Phi) is 6.83. The van der Waals surface area contributed by atoms with Crippen LogP contribution in [0.15, 0.2) is 162 Å². The van der Waals surface area contributed by atoms with E-state index < -0.39 is 0 Å². The van der Waals surface area contributed by atoms with E-state index in [9.17, 15) is 0 Å². The Morgan fingerprint density at radius 3 is 1.74 bits per heavy atom. The van der Waals surface area contributed by atoms with Crippen LogP contribution in [-0.2, 0) is 0 Å². The number of furan rings is 1. The zero-order valence-electron chi connectivity index (χ0n) is 28.0. The third-order valence-corrected chi connectivity index (χ3v) is 12.0. The van der Waals surface area contributed by atoms with E-state index in [0.29, 0.717) is 17.5 Å². The molecular formula is C46H26N4OS2. The van der Waals surface area contributed by atoms with Gasteiger partial charge in [-0.25, -0.2) is 19.9 Å². The zero-order valence-corrected chi connectivity index (χ0v) is 29.7. The summed E-state index contributed by atoms with van der Waals surface area (Å²) < 4.78 is 9.86. The van der Waals surface area contributed by atoms with Gasteiger partial charge in [0.2, 0.25) is 0 Å². The zero-order chi connectivity index (χ0) is 34.9. The SMILES string of the molecule is c1ccc(-c2nc(-c3cccc4oc5ccccc5c34)nc(-c3cccc4sc5cccc(-c6ccc(-c7nc8ccccc8s7)cc6)c5c34)n2)cc1. The van der Waals surface area contributed by atoms with E-state index in [0.717, 1.165) is 65.7 Å². The molecule has 0 radical (unpaired) electrons. The average Bonchev–Trinajstić information content (AvgIpc) is 3.94. The van der Waals surface area contributed by atoms with Gasteiger partial charge in [0.25, 0.3) is 0 Å². The number of thiophene rings is 1. The van der Waals surface area contributed by atoms with Crippen molar-refractivity contribution in [2.24, 2.45) is 0 Å². The molecular weight excluding hydrogens is 689 g/mol. The Morgan fingerprint density at radius 1 is 0.358 bits per heavy atom. The Morgan fingerprint density at radius 2 is 0.943 bits per heavy atom. The summed E-state index contributed by atoms with van der Waals surface area (Å²) in [6.45, 7) is 0. The van der Waals surface area contributed by atoms with Crippen molar-refractivity contribution < 1.29 is 4.42 Å². The van der Waals surface area contributed by atoms with Gasteiger partial charge in [-0.3, -0.25) is 0 Å². The molecule has 11 rings (SSSR count). The minimum Gasteiger partial charge on any atom is -0.456 e. The van der Waals surface area contributed by atoms with Crippen molar-refractivity contribution >= 4 is 75.0 Å². The first-order valence-electron chi connectivity index (χ1n) is 17.4. The summed E-state index contributed by atoms with van der Waals surface area (Å²) in [6, 6.07) is 54.5. The van der Waals surface area contributed by atoms with Gasteiger partial charge in [0.15, 0.2) is 17.5 Å². The predicted molar refractivity (Wildman–Crippen MR) is 220 cm³/mol. The van der Waals surface area contributed by atoms with E-state index in [1.807, 2.05) is 66.7 Å². The van der Waals surface area contributed by atoms with Crippen LogP contribution in [0, 0.1) is 0 Å². The molecule has 248 valence electrons. The molecule has 5 nitrogen and oxygen atoms in total. The molecule has 0 bridgehead atoms. The second-order valence-corrected chi connectivity index (χ2v) is 15.1. The molecule has 4 aromatic heterocycles. The van der Waals surface area contributed by atoms with Crippen LogP contribution in [0.3, 0.4) is 0 Å². The van der Waals surface area contributed by atoms with E-state index in [1.165, 1.54) is 25.0 Å². The van der Waals surface area contributed by atoms with E-state index in [4.69, 9.17) is 24.4 Å². The van der Waals surface area contributed by atoms with Gasteiger partial charge in [-0.1, -0.05) is 121 Å². The van der Waals surface area contributed by atoms with Crippen LogP contribution in [0.4, 0.5) is 0 Å². The number of rotatable bonds is 5. The van der Waals surface area contributed by atoms with Crippen LogP contribution in [0.5, 0.6) is 0 Å². The maximum absolute atomic E-state index is 6.27. The van der Waals surface area contributed by atoms with Gasteiger partial charge in [0, 0.05) is 53.2 Å². The molecule has 4 heterocycles. The van der Waals surface area contributed by atoms with Crippen molar-refractivity contribution in [3.63, 3.8) is 0 Å². The van der Waals surface area contributed by atoms with Gasteiger partial charge in [-0.2, -0.15) is 0 Å². The molecule has 0 unspecified atom stereocenters. The number of aromatic nitrogens is 4. The Labute approximate surface area is 311 Å². The minimum atomic E-state index is 0.605. The molecule has 0 saturated heterocycles. The van der Waals surface area contributed by atoms with Crippen molar-refractivity contribution in [2.45, 2.75) is 0 Å².